The van der Waals surface area contributed by atoms with Gasteiger partial charge in [-0.25, -0.2) is 0 Å². The van der Waals surface area contributed by atoms with Gasteiger partial charge in [0.2, 0.25) is 0 Å². The topological polar surface area (TPSA) is 134 Å². The van der Waals surface area contributed by atoms with Gasteiger partial charge in [-0.05, 0) is 12.5 Å². The number of nitro groups is 1. The number of esters is 3. The number of benzene rings is 1. The summed E-state index contributed by atoms with van der Waals surface area (Å²) in [5.74, 6) is -4.42. The summed E-state index contributed by atoms with van der Waals surface area (Å²) in [6, 6.07) is 3.53. The monoisotopic (exact) mass is 380 g/mol. The fourth-order valence-electron chi connectivity index (χ4n) is 3.21. The highest BCUT2D eigenvalue weighted by Crippen LogP contribution is 2.39. The molecule has 0 saturated carbocycles. The molecular weight excluding hydrogens is 360 g/mol. The van der Waals surface area contributed by atoms with E-state index >= 15 is 0 Å². The van der Waals surface area contributed by atoms with Crippen molar-refractivity contribution in [2.24, 2.45) is 11.8 Å². The predicted octanol–water partition coefficient (Wildman–Crippen LogP) is 0.749. The lowest BCUT2D eigenvalue weighted by atomic mass is 9.84. The first-order chi connectivity index (χ1) is 12.8. The molecule has 146 valence electrons. The summed E-state index contributed by atoms with van der Waals surface area (Å²) >= 11 is 0. The minimum absolute atomic E-state index is 0.0932. The van der Waals surface area contributed by atoms with Gasteiger partial charge in [0.15, 0.2) is 0 Å². The van der Waals surface area contributed by atoms with E-state index in [2.05, 4.69) is 5.32 Å². The molecule has 1 N–H and O–H groups in total. The average Bonchev–Trinajstić information content (AvgIpc) is 3.07. The first kappa shape index (κ1) is 20.3. The normalized spacial score (nSPS) is 24.1. The van der Waals surface area contributed by atoms with E-state index in [9.17, 15) is 24.5 Å². The largest absolute Gasteiger partial charge is 0.469 e. The summed E-state index contributed by atoms with van der Waals surface area (Å²) in [6.07, 6.45) is 0. The van der Waals surface area contributed by atoms with Crippen LogP contribution in [0.15, 0.2) is 24.3 Å². The maximum atomic E-state index is 12.4. The Bertz CT molecular complexity index is 733. The van der Waals surface area contributed by atoms with Crippen LogP contribution in [-0.4, -0.2) is 49.7 Å². The molecule has 0 aromatic heterocycles. The number of methoxy groups -OCH3 is 2. The molecule has 0 spiro atoms. The van der Waals surface area contributed by atoms with Crippen LogP contribution in [0.25, 0.3) is 0 Å². The number of hydrogen-bond donors (Lipinski definition) is 1. The van der Waals surface area contributed by atoms with Crippen molar-refractivity contribution in [3.05, 3.63) is 39.9 Å². The number of ether oxygens (including phenoxy) is 3. The van der Waals surface area contributed by atoms with Crippen LogP contribution in [0.4, 0.5) is 5.69 Å². The van der Waals surface area contributed by atoms with Gasteiger partial charge in [0.25, 0.3) is 5.69 Å². The minimum atomic E-state index is -1.17. The predicted molar refractivity (Wildman–Crippen MR) is 90.4 cm³/mol. The van der Waals surface area contributed by atoms with Crippen LogP contribution < -0.4 is 5.32 Å². The molecule has 0 radical (unpaired) electrons. The van der Waals surface area contributed by atoms with Crippen LogP contribution in [0, 0.1) is 22.0 Å². The average molecular weight is 380 g/mol. The molecule has 1 aromatic carbocycles. The summed E-state index contributed by atoms with van der Waals surface area (Å²) in [5, 5.41) is 13.8. The third kappa shape index (κ3) is 4.05. The molecule has 0 unspecified atom stereocenters. The molecule has 4 atom stereocenters. The van der Waals surface area contributed by atoms with Crippen molar-refractivity contribution in [2.75, 3.05) is 20.8 Å². The zero-order valence-corrected chi connectivity index (χ0v) is 15.0. The molecule has 1 aliphatic rings. The molecule has 0 bridgehead atoms. The molecule has 1 fully saturated rings. The lowest BCUT2D eigenvalue weighted by Gasteiger charge is -2.21. The Balaban J connectivity index is 2.47. The van der Waals surface area contributed by atoms with Crippen molar-refractivity contribution < 1.29 is 33.5 Å². The van der Waals surface area contributed by atoms with Crippen molar-refractivity contribution in [2.45, 2.75) is 19.0 Å². The Labute approximate surface area is 154 Å². The van der Waals surface area contributed by atoms with E-state index in [0.29, 0.717) is 5.56 Å². The first-order valence-electron chi connectivity index (χ1n) is 8.18. The van der Waals surface area contributed by atoms with Crippen molar-refractivity contribution in [3.63, 3.8) is 0 Å². The molecule has 10 heteroatoms. The lowest BCUT2D eigenvalue weighted by molar-refractivity contribution is -0.384. The van der Waals surface area contributed by atoms with E-state index in [-0.39, 0.29) is 12.3 Å². The van der Waals surface area contributed by atoms with E-state index in [1.165, 1.54) is 31.4 Å². The maximum Gasteiger partial charge on any atom is 0.324 e. The van der Waals surface area contributed by atoms with Crippen LogP contribution in [0.1, 0.15) is 18.5 Å². The number of rotatable bonds is 6. The third-order valence-electron chi connectivity index (χ3n) is 4.41. The maximum absolute atomic E-state index is 12.4. The number of carbonyl (C=O) groups excluding carboxylic acids is 3. The van der Waals surface area contributed by atoms with Crippen LogP contribution in [0.5, 0.6) is 0 Å². The Kier molecular flexibility index (Phi) is 6.45. The van der Waals surface area contributed by atoms with Crippen LogP contribution in [0.2, 0.25) is 0 Å². The van der Waals surface area contributed by atoms with Crippen LogP contribution in [0.3, 0.4) is 0 Å². The number of nitro benzene ring substituents is 1. The quantitative estimate of drug-likeness (QED) is 0.328. The molecule has 2 rings (SSSR count). The Morgan fingerprint density at radius 3 is 2.07 bits per heavy atom. The number of hydrogen-bond acceptors (Lipinski definition) is 9. The van der Waals surface area contributed by atoms with Crippen molar-refractivity contribution >= 4 is 23.6 Å². The van der Waals surface area contributed by atoms with Crippen LogP contribution >= 0.6 is 0 Å². The summed E-state index contributed by atoms with van der Waals surface area (Å²) in [4.78, 5) is 47.3. The van der Waals surface area contributed by atoms with Crippen molar-refractivity contribution in [1.82, 2.24) is 5.32 Å². The van der Waals surface area contributed by atoms with Crippen molar-refractivity contribution in [3.8, 4) is 0 Å². The van der Waals surface area contributed by atoms with Gasteiger partial charge in [-0.2, -0.15) is 0 Å². The molecule has 1 aromatic rings. The van der Waals surface area contributed by atoms with Gasteiger partial charge < -0.3 is 14.2 Å². The molecule has 1 aliphatic heterocycles. The summed E-state index contributed by atoms with van der Waals surface area (Å²) in [7, 11) is 2.32. The van der Waals surface area contributed by atoms with Crippen LogP contribution in [-0.2, 0) is 28.6 Å². The minimum Gasteiger partial charge on any atom is -0.469 e. The number of nitrogens with zero attached hydrogens (tertiary/aromatic N) is 1. The van der Waals surface area contributed by atoms with Gasteiger partial charge >= 0.3 is 17.9 Å². The van der Waals surface area contributed by atoms with E-state index in [1.54, 1.807) is 6.92 Å². The summed E-state index contributed by atoms with van der Waals surface area (Å²) in [6.45, 7) is 1.71. The zero-order chi connectivity index (χ0) is 20.1. The molecular formula is C17H20N2O8. The van der Waals surface area contributed by atoms with Gasteiger partial charge in [-0.1, -0.05) is 12.1 Å². The van der Waals surface area contributed by atoms with Gasteiger partial charge in [0.05, 0.1) is 37.6 Å². The second kappa shape index (κ2) is 8.58. The molecule has 0 amide bonds. The fourth-order valence-corrected chi connectivity index (χ4v) is 3.21. The Morgan fingerprint density at radius 2 is 1.59 bits per heavy atom. The smallest absolute Gasteiger partial charge is 0.324 e. The van der Waals surface area contributed by atoms with Gasteiger partial charge in [0, 0.05) is 18.2 Å². The fraction of sp³-hybridized carbons (Fsp3) is 0.471. The van der Waals surface area contributed by atoms with E-state index < -0.39 is 46.8 Å². The second-order valence-corrected chi connectivity index (χ2v) is 5.82. The number of carbonyl (C=O) groups is 3. The summed E-state index contributed by atoms with van der Waals surface area (Å²) < 4.78 is 14.6. The van der Waals surface area contributed by atoms with E-state index in [0.717, 1.165) is 7.11 Å². The molecule has 0 aliphatic carbocycles. The Hall–Kier alpha value is -3.01. The Morgan fingerprint density at radius 1 is 1.04 bits per heavy atom. The third-order valence-corrected chi connectivity index (χ3v) is 4.41. The van der Waals surface area contributed by atoms with Gasteiger partial charge in [-0.15, -0.1) is 0 Å². The van der Waals surface area contributed by atoms with E-state index in [4.69, 9.17) is 14.2 Å². The highest BCUT2D eigenvalue weighted by Gasteiger charge is 2.55. The highest BCUT2D eigenvalue weighted by atomic mass is 16.6. The van der Waals surface area contributed by atoms with Gasteiger partial charge in [0.1, 0.15) is 6.04 Å². The summed E-state index contributed by atoms with van der Waals surface area (Å²) in [5.41, 5.74) is 0.356. The lowest BCUT2D eigenvalue weighted by Crippen LogP contribution is -2.42. The molecule has 10 nitrogen and oxygen atoms in total. The molecule has 27 heavy (non-hydrogen) atoms. The number of non-ortho nitro benzene ring substituents is 1. The second-order valence-electron chi connectivity index (χ2n) is 5.82. The zero-order valence-electron chi connectivity index (χ0n) is 15.0. The standard InChI is InChI=1S/C17H20N2O8/c1-4-27-17(22)14-12(16(21)26-3)11(15(20)25-2)13(18-14)9-5-7-10(8-6-9)19(23)24/h5-8,11-14,18H,4H2,1-3H3/t11-,12+,13+,14+/m0/s1. The SMILES string of the molecule is CCOC(=O)[C@@H]1N[C@H](c2ccc([N+](=O)[O-])cc2)[C@@H](C(=O)OC)[C@H]1C(=O)OC. The van der Waals surface area contributed by atoms with Crippen molar-refractivity contribution in [1.29, 1.82) is 0 Å². The molecule has 1 saturated heterocycles. The number of nitrogens with one attached hydrogen (secondary N) is 1. The van der Waals surface area contributed by atoms with E-state index in [1.807, 2.05) is 0 Å². The van der Waals surface area contributed by atoms with Gasteiger partial charge in [-0.3, -0.25) is 29.8 Å². The first-order valence-corrected chi connectivity index (χ1v) is 8.18. The molecule has 1 heterocycles. The highest BCUT2D eigenvalue weighted by molar-refractivity contribution is 5.91.